The Bertz CT molecular complexity index is 801. The molecular formula is C19H17Cl2NOS2. The maximum absolute atomic E-state index is 6.15. The maximum atomic E-state index is 6.15. The van der Waals surface area contributed by atoms with E-state index < -0.39 is 0 Å². The normalized spacial score (nSPS) is 15.4. The molecule has 0 aromatic heterocycles. The fourth-order valence-electron chi connectivity index (χ4n) is 2.45. The first-order chi connectivity index (χ1) is 11.9. The first-order valence-corrected chi connectivity index (χ1v) is 9.82. The first kappa shape index (κ1) is 18.6. The molecule has 1 atom stereocenters. The van der Waals surface area contributed by atoms with Gasteiger partial charge >= 0.3 is 0 Å². The Labute approximate surface area is 167 Å². The minimum atomic E-state index is 0.251. The number of nitrogens with one attached hydrogen (secondary N) is 1. The number of thiocarbonyl (C=S) groups is 1. The number of hydrogen-bond acceptors (Lipinski definition) is 4. The highest BCUT2D eigenvalue weighted by Gasteiger charge is 2.19. The number of anilines is 1. The van der Waals surface area contributed by atoms with E-state index in [9.17, 15) is 0 Å². The van der Waals surface area contributed by atoms with Crippen molar-refractivity contribution in [2.45, 2.75) is 25.2 Å². The molecule has 1 N–H and O–H groups in total. The van der Waals surface area contributed by atoms with Gasteiger partial charge in [0.05, 0.1) is 9.88 Å². The molecule has 0 radical (unpaired) electrons. The highest BCUT2D eigenvalue weighted by atomic mass is 35.5. The van der Waals surface area contributed by atoms with E-state index in [0.717, 1.165) is 43.4 Å². The lowest BCUT2D eigenvalue weighted by molar-refractivity contribution is 0.449. The molecular weight excluding hydrogens is 393 g/mol. The van der Waals surface area contributed by atoms with Crippen LogP contribution >= 0.6 is 47.2 Å². The fourth-order valence-corrected chi connectivity index (χ4v) is 4.17. The number of thioether (sulfide) groups is 1. The number of ether oxygens (including phenoxy) is 1. The number of halogens is 2. The summed E-state index contributed by atoms with van der Waals surface area (Å²) in [6, 6.07) is 11.5. The van der Waals surface area contributed by atoms with Gasteiger partial charge in [-0.1, -0.05) is 54.1 Å². The van der Waals surface area contributed by atoms with Gasteiger partial charge in [0.15, 0.2) is 11.6 Å². The van der Waals surface area contributed by atoms with Gasteiger partial charge < -0.3 is 10.1 Å². The molecule has 1 unspecified atom stereocenters. The van der Waals surface area contributed by atoms with E-state index in [2.05, 4.69) is 18.3 Å². The molecule has 1 aliphatic rings. The zero-order valence-corrected chi connectivity index (χ0v) is 17.0. The van der Waals surface area contributed by atoms with Crippen molar-refractivity contribution in [3.05, 3.63) is 64.0 Å². The van der Waals surface area contributed by atoms with Gasteiger partial charge in [-0.3, -0.25) is 0 Å². The van der Waals surface area contributed by atoms with Crippen molar-refractivity contribution in [2.75, 3.05) is 5.32 Å². The van der Waals surface area contributed by atoms with Gasteiger partial charge in [-0.15, -0.1) is 0 Å². The molecule has 2 aromatic carbocycles. The summed E-state index contributed by atoms with van der Waals surface area (Å²) in [4.78, 5) is 1.10. The Morgan fingerprint density at radius 3 is 2.72 bits per heavy atom. The number of fused-ring (bicyclic) bond motifs is 1. The Kier molecular flexibility index (Phi) is 5.95. The summed E-state index contributed by atoms with van der Waals surface area (Å²) < 4.78 is 6.76. The molecule has 1 heterocycles. The molecule has 3 rings (SSSR count). The van der Waals surface area contributed by atoms with Crippen LogP contribution in [0.5, 0.6) is 5.75 Å². The van der Waals surface area contributed by atoms with Gasteiger partial charge in [-0.05, 0) is 61.2 Å². The van der Waals surface area contributed by atoms with Gasteiger partial charge in [0.1, 0.15) is 0 Å². The highest BCUT2D eigenvalue weighted by molar-refractivity contribution is 8.23. The molecule has 6 heteroatoms. The van der Waals surface area contributed by atoms with Crippen LogP contribution in [0.4, 0.5) is 5.69 Å². The van der Waals surface area contributed by atoms with Crippen molar-refractivity contribution in [1.29, 1.82) is 0 Å². The van der Waals surface area contributed by atoms with Crippen molar-refractivity contribution < 1.29 is 4.74 Å². The van der Waals surface area contributed by atoms with E-state index >= 15 is 0 Å². The molecule has 25 heavy (non-hydrogen) atoms. The summed E-state index contributed by atoms with van der Waals surface area (Å²) in [7, 11) is 0. The number of allylic oxidation sites excluding steroid dienone is 1. The van der Waals surface area contributed by atoms with Crippen LogP contribution in [0.1, 0.15) is 18.9 Å². The molecule has 130 valence electrons. The zero-order chi connectivity index (χ0) is 18.0. The summed E-state index contributed by atoms with van der Waals surface area (Å²) in [5, 5.41) is 4.71. The minimum Gasteiger partial charge on any atom is -0.439 e. The smallest absolute Gasteiger partial charge is 0.194 e. The SMILES string of the molecule is Cc1cc2c(cc1Cl)OC(=CC(C)CC(=S)Sc1ccc(Cl)cc1)N2. The van der Waals surface area contributed by atoms with Crippen molar-refractivity contribution in [3.8, 4) is 5.75 Å². The predicted molar refractivity (Wildman–Crippen MR) is 112 cm³/mol. The monoisotopic (exact) mass is 409 g/mol. The summed E-state index contributed by atoms with van der Waals surface area (Å²) >= 11 is 19.2. The lowest BCUT2D eigenvalue weighted by atomic mass is 10.1. The quantitative estimate of drug-likeness (QED) is 0.429. The van der Waals surface area contributed by atoms with Crippen molar-refractivity contribution >= 4 is 57.1 Å². The van der Waals surface area contributed by atoms with E-state index in [0.29, 0.717) is 5.02 Å². The summed E-state index contributed by atoms with van der Waals surface area (Å²) in [6.45, 7) is 4.09. The maximum Gasteiger partial charge on any atom is 0.194 e. The third kappa shape index (κ3) is 4.91. The second-order valence-electron chi connectivity index (χ2n) is 5.96. The molecule has 2 aromatic rings. The van der Waals surface area contributed by atoms with Gasteiger partial charge in [0.25, 0.3) is 0 Å². The minimum absolute atomic E-state index is 0.251. The van der Waals surface area contributed by atoms with Crippen LogP contribution in [0, 0.1) is 12.8 Å². The lowest BCUT2D eigenvalue weighted by Gasteiger charge is -2.09. The molecule has 0 fully saturated rings. The van der Waals surface area contributed by atoms with E-state index in [1.807, 2.05) is 43.3 Å². The number of hydrogen-bond donors (Lipinski definition) is 1. The number of benzene rings is 2. The van der Waals surface area contributed by atoms with Crippen LogP contribution in [0.2, 0.25) is 10.0 Å². The van der Waals surface area contributed by atoms with E-state index in [4.69, 9.17) is 40.2 Å². The molecule has 0 spiro atoms. The van der Waals surface area contributed by atoms with Gasteiger partial charge in [0, 0.05) is 21.0 Å². The van der Waals surface area contributed by atoms with Gasteiger partial charge in [-0.2, -0.15) is 0 Å². The predicted octanol–water partition coefficient (Wildman–Crippen LogP) is 7.09. The van der Waals surface area contributed by atoms with E-state index in [1.54, 1.807) is 11.8 Å². The average Bonchev–Trinajstić information content (AvgIpc) is 2.90. The van der Waals surface area contributed by atoms with Crippen molar-refractivity contribution in [3.63, 3.8) is 0 Å². The molecule has 0 aliphatic carbocycles. The fraction of sp³-hybridized carbons (Fsp3) is 0.211. The number of rotatable bonds is 4. The average molecular weight is 410 g/mol. The van der Waals surface area contributed by atoms with Crippen molar-refractivity contribution in [1.82, 2.24) is 0 Å². The molecule has 0 bridgehead atoms. The largest absolute Gasteiger partial charge is 0.439 e. The van der Waals surface area contributed by atoms with Crippen molar-refractivity contribution in [2.24, 2.45) is 5.92 Å². The van der Waals surface area contributed by atoms with Crippen LogP contribution in [0.15, 0.2) is 53.3 Å². The van der Waals surface area contributed by atoms with E-state index in [-0.39, 0.29) is 5.92 Å². The van der Waals surface area contributed by atoms with Crippen LogP contribution in [-0.4, -0.2) is 4.20 Å². The Hall–Kier alpha value is -1.20. The molecule has 0 saturated heterocycles. The highest BCUT2D eigenvalue weighted by Crippen LogP contribution is 2.38. The van der Waals surface area contributed by atoms with Crippen LogP contribution in [0.25, 0.3) is 0 Å². The van der Waals surface area contributed by atoms with Gasteiger partial charge in [-0.25, -0.2) is 0 Å². The second-order valence-corrected chi connectivity index (χ2v) is 8.73. The lowest BCUT2D eigenvalue weighted by Crippen LogP contribution is -2.03. The third-order valence-electron chi connectivity index (χ3n) is 3.71. The summed E-state index contributed by atoms with van der Waals surface area (Å²) in [5.74, 6) is 1.73. The Morgan fingerprint density at radius 1 is 1.28 bits per heavy atom. The molecule has 0 saturated carbocycles. The van der Waals surface area contributed by atoms with Crippen LogP contribution in [-0.2, 0) is 0 Å². The zero-order valence-electron chi connectivity index (χ0n) is 13.8. The Balaban J connectivity index is 1.59. The number of aryl methyl sites for hydroxylation is 1. The standard InChI is InChI=1S/C19H17Cl2NOS2/c1-11(8-19(24)25-14-5-3-13(20)4-6-14)7-18-22-16-9-12(2)15(21)10-17(16)23-18/h3-7,9-11,22H,8H2,1-2H3. The van der Waals surface area contributed by atoms with Crippen LogP contribution in [0.3, 0.4) is 0 Å². The molecule has 2 nitrogen and oxygen atoms in total. The van der Waals surface area contributed by atoms with E-state index in [1.165, 1.54) is 0 Å². The third-order valence-corrected chi connectivity index (χ3v) is 5.69. The first-order valence-electron chi connectivity index (χ1n) is 7.84. The second kappa shape index (κ2) is 8.00. The molecule has 0 amide bonds. The topological polar surface area (TPSA) is 21.3 Å². The summed E-state index contributed by atoms with van der Waals surface area (Å²) in [5.41, 5.74) is 1.96. The Morgan fingerprint density at radius 2 is 2.00 bits per heavy atom. The van der Waals surface area contributed by atoms with Crippen LogP contribution < -0.4 is 10.1 Å². The van der Waals surface area contributed by atoms with Gasteiger partial charge in [0.2, 0.25) is 0 Å². The molecule has 1 aliphatic heterocycles. The summed E-state index contributed by atoms with van der Waals surface area (Å²) in [6.07, 6.45) is 2.84.